The lowest BCUT2D eigenvalue weighted by Gasteiger charge is -2.06. The minimum absolute atomic E-state index is 0.645. The summed E-state index contributed by atoms with van der Waals surface area (Å²) in [6.45, 7) is 7.00. The highest BCUT2D eigenvalue weighted by molar-refractivity contribution is 5.76. The van der Waals surface area contributed by atoms with E-state index in [0.717, 1.165) is 33.7 Å². The van der Waals surface area contributed by atoms with Crippen LogP contribution in [0.5, 0.6) is 5.75 Å². The van der Waals surface area contributed by atoms with Crippen LogP contribution in [0.25, 0.3) is 29.1 Å². The molecule has 0 aliphatic carbocycles. The predicted molar refractivity (Wildman–Crippen MR) is 114 cm³/mol. The maximum absolute atomic E-state index is 7.00. The van der Waals surface area contributed by atoms with Crippen molar-refractivity contribution in [1.82, 2.24) is 0 Å². The Kier molecular flexibility index (Phi) is 5.71. The van der Waals surface area contributed by atoms with Crippen LogP contribution < -0.4 is 10.5 Å². The number of nitrogen functional groups attached to an aromatic ring is 1. The van der Waals surface area contributed by atoms with Crippen molar-refractivity contribution in [3.05, 3.63) is 100 Å². The van der Waals surface area contributed by atoms with E-state index in [1.165, 1.54) is 0 Å². The second-order valence-electron chi connectivity index (χ2n) is 6.04. The molecule has 0 aliphatic rings. The van der Waals surface area contributed by atoms with Gasteiger partial charge in [-0.2, -0.15) is 0 Å². The second-order valence-corrected chi connectivity index (χ2v) is 6.04. The van der Waals surface area contributed by atoms with Gasteiger partial charge in [-0.3, -0.25) is 0 Å². The van der Waals surface area contributed by atoms with Gasteiger partial charge in [-0.1, -0.05) is 72.8 Å². The van der Waals surface area contributed by atoms with Crippen molar-refractivity contribution in [2.24, 2.45) is 0 Å². The zero-order valence-corrected chi connectivity index (χ0v) is 15.1. The Bertz CT molecular complexity index is 1010. The lowest BCUT2D eigenvalue weighted by atomic mass is 10.1. The molecule has 27 heavy (non-hydrogen) atoms. The van der Waals surface area contributed by atoms with E-state index in [1.54, 1.807) is 7.11 Å². The van der Waals surface area contributed by atoms with Gasteiger partial charge >= 0.3 is 0 Å². The summed E-state index contributed by atoms with van der Waals surface area (Å²) >= 11 is 0. The molecule has 3 heteroatoms. The molecule has 0 fully saturated rings. The fourth-order valence-electron chi connectivity index (χ4n) is 2.61. The Hall–Kier alpha value is -3.77. The van der Waals surface area contributed by atoms with Crippen LogP contribution in [0.2, 0.25) is 0 Å². The van der Waals surface area contributed by atoms with Crippen molar-refractivity contribution < 1.29 is 4.74 Å². The van der Waals surface area contributed by atoms with E-state index in [-0.39, 0.29) is 0 Å². The third-order valence-corrected chi connectivity index (χ3v) is 4.14. The quantitative estimate of drug-likeness (QED) is 0.339. The summed E-state index contributed by atoms with van der Waals surface area (Å²) in [4.78, 5) is 3.40. The average molecular weight is 352 g/mol. The van der Waals surface area contributed by atoms with Crippen LogP contribution >= 0.6 is 0 Å². The Balaban J connectivity index is 1.78. The maximum Gasteiger partial charge on any atom is 0.187 e. The Morgan fingerprint density at radius 1 is 0.778 bits per heavy atom. The molecular weight excluding hydrogens is 332 g/mol. The number of anilines is 1. The summed E-state index contributed by atoms with van der Waals surface area (Å²) in [7, 11) is 1.67. The van der Waals surface area contributed by atoms with Crippen LogP contribution in [-0.2, 0) is 0 Å². The molecule has 0 heterocycles. The zero-order valence-electron chi connectivity index (χ0n) is 15.1. The summed E-state index contributed by atoms with van der Waals surface area (Å²) in [5, 5.41) is 0. The zero-order chi connectivity index (χ0) is 19.1. The highest BCUT2D eigenvalue weighted by atomic mass is 16.5. The van der Waals surface area contributed by atoms with E-state index in [2.05, 4.69) is 10.9 Å². The Morgan fingerprint density at radius 2 is 1.33 bits per heavy atom. The summed E-state index contributed by atoms with van der Waals surface area (Å²) < 4.78 is 5.54. The molecular formula is C24H20N2O. The van der Waals surface area contributed by atoms with Crippen LogP contribution in [0.3, 0.4) is 0 Å². The third kappa shape index (κ3) is 4.87. The number of nitrogens with zero attached hydrogens (tertiary/aromatic N) is 1. The molecule has 0 atom stereocenters. The molecule has 0 bridgehead atoms. The van der Waals surface area contributed by atoms with Crippen molar-refractivity contribution in [3.8, 4) is 5.75 Å². The molecule has 0 unspecified atom stereocenters. The number of methoxy groups -OCH3 is 1. The van der Waals surface area contributed by atoms with Gasteiger partial charge in [0, 0.05) is 11.3 Å². The van der Waals surface area contributed by atoms with Gasteiger partial charge in [0.1, 0.15) is 5.75 Å². The van der Waals surface area contributed by atoms with Crippen LogP contribution in [0.4, 0.5) is 11.4 Å². The standard InChI is InChI=1S/C24H20N2O/c1-26-23-15-9-18(10-16-23)3-4-20-6-12-21(24(17-20)27-2)11-5-19-7-13-22(25)14-8-19/h3-17H,25H2,2H3/b4-3+,11-5+. The predicted octanol–water partition coefficient (Wildman–Crippen LogP) is 6.17. The molecule has 2 N–H and O–H groups in total. The van der Waals surface area contributed by atoms with Crippen LogP contribution in [0.15, 0.2) is 66.7 Å². The van der Waals surface area contributed by atoms with E-state index in [9.17, 15) is 0 Å². The van der Waals surface area contributed by atoms with Crippen molar-refractivity contribution in [2.45, 2.75) is 0 Å². The van der Waals surface area contributed by atoms with Gasteiger partial charge < -0.3 is 10.5 Å². The third-order valence-electron chi connectivity index (χ3n) is 4.14. The van der Waals surface area contributed by atoms with E-state index >= 15 is 0 Å². The minimum atomic E-state index is 0.645. The van der Waals surface area contributed by atoms with Crippen molar-refractivity contribution in [3.63, 3.8) is 0 Å². The fourth-order valence-corrected chi connectivity index (χ4v) is 2.61. The number of hydrogen-bond acceptors (Lipinski definition) is 2. The SMILES string of the molecule is [C-]#[N+]c1ccc(/C=C/c2ccc(/C=C/c3ccc(N)cc3)c(OC)c2)cc1. The molecule has 0 radical (unpaired) electrons. The molecule has 0 spiro atoms. The first-order valence-electron chi connectivity index (χ1n) is 8.55. The van der Waals surface area contributed by atoms with E-state index in [1.807, 2.05) is 85.0 Å². The summed E-state index contributed by atoms with van der Waals surface area (Å²) in [6.07, 6.45) is 8.11. The number of hydrogen-bond donors (Lipinski definition) is 1. The molecule has 0 saturated heterocycles. The molecule has 3 aromatic rings. The summed E-state index contributed by atoms with van der Waals surface area (Å²) in [5.41, 5.74) is 11.3. The molecule has 0 aromatic heterocycles. The highest BCUT2D eigenvalue weighted by Gasteiger charge is 2.01. The summed E-state index contributed by atoms with van der Waals surface area (Å²) in [6, 6.07) is 21.3. The number of rotatable bonds is 5. The van der Waals surface area contributed by atoms with Crippen LogP contribution in [0, 0.1) is 6.57 Å². The van der Waals surface area contributed by atoms with Crippen LogP contribution in [0.1, 0.15) is 22.3 Å². The molecule has 3 aromatic carbocycles. The first-order chi connectivity index (χ1) is 13.2. The monoisotopic (exact) mass is 352 g/mol. The molecule has 3 rings (SSSR count). The van der Waals surface area contributed by atoms with E-state index < -0.39 is 0 Å². The average Bonchev–Trinajstić information content (AvgIpc) is 2.72. The van der Waals surface area contributed by atoms with Gasteiger partial charge in [-0.15, -0.1) is 0 Å². The first kappa shape index (κ1) is 18.0. The van der Waals surface area contributed by atoms with Crippen molar-refractivity contribution >= 4 is 35.7 Å². The van der Waals surface area contributed by atoms with Gasteiger partial charge in [0.25, 0.3) is 0 Å². The van der Waals surface area contributed by atoms with E-state index in [4.69, 9.17) is 17.0 Å². The van der Waals surface area contributed by atoms with Gasteiger partial charge in [0.05, 0.1) is 13.7 Å². The van der Waals surface area contributed by atoms with Gasteiger partial charge in [0.2, 0.25) is 0 Å². The Labute approximate surface area is 159 Å². The number of ether oxygens (including phenoxy) is 1. The number of benzene rings is 3. The van der Waals surface area contributed by atoms with Crippen LogP contribution in [-0.4, -0.2) is 7.11 Å². The Morgan fingerprint density at radius 3 is 1.96 bits per heavy atom. The smallest absolute Gasteiger partial charge is 0.187 e. The van der Waals surface area contributed by atoms with E-state index in [0.29, 0.717) is 5.69 Å². The summed E-state index contributed by atoms with van der Waals surface area (Å²) in [5.74, 6) is 0.812. The minimum Gasteiger partial charge on any atom is -0.496 e. The molecule has 3 nitrogen and oxygen atoms in total. The molecule has 0 saturated carbocycles. The highest BCUT2D eigenvalue weighted by Crippen LogP contribution is 2.24. The van der Waals surface area contributed by atoms with Crippen molar-refractivity contribution in [1.29, 1.82) is 0 Å². The molecule has 0 amide bonds. The van der Waals surface area contributed by atoms with Crippen molar-refractivity contribution in [2.75, 3.05) is 12.8 Å². The second kappa shape index (κ2) is 8.55. The van der Waals surface area contributed by atoms with Gasteiger partial charge in [-0.05, 0) is 34.9 Å². The first-order valence-corrected chi connectivity index (χ1v) is 8.55. The molecule has 132 valence electrons. The molecule has 0 aliphatic heterocycles. The lowest BCUT2D eigenvalue weighted by molar-refractivity contribution is 0.414. The lowest BCUT2D eigenvalue weighted by Crippen LogP contribution is -1.88. The number of nitrogens with two attached hydrogens (primary N) is 1. The maximum atomic E-state index is 7.00. The van der Waals surface area contributed by atoms with Gasteiger partial charge in [-0.25, -0.2) is 4.85 Å². The van der Waals surface area contributed by atoms with Gasteiger partial charge in [0.15, 0.2) is 5.69 Å². The fraction of sp³-hybridized carbons (Fsp3) is 0.0417. The topological polar surface area (TPSA) is 39.6 Å². The normalized spacial score (nSPS) is 11.0. The largest absolute Gasteiger partial charge is 0.496 e.